The number of carbonyl (C=O) groups is 2. The first-order valence-corrected chi connectivity index (χ1v) is 10.3. The van der Waals surface area contributed by atoms with Gasteiger partial charge in [0.05, 0.1) is 15.6 Å². The van der Waals surface area contributed by atoms with Gasteiger partial charge in [0.25, 0.3) is 5.69 Å². The molecule has 0 saturated heterocycles. The van der Waals surface area contributed by atoms with Crippen LogP contribution in [0.3, 0.4) is 0 Å². The number of nitro groups is 1. The summed E-state index contributed by atoms with van der Waals surface area (Å²) >= 11 is 1.05. The average molecular weight is 431 g/mol. The molecule has 1 heterocycles. The maximum Gasteiger partial charge on any atom is 0.283 e. The Bertz CT molecular complexity index is 981. The van der Waals surface area contributed by atoms with Crippen LogP contribution in [0.4, 0.5) is 5.69 Å². The summed E-state index contributed by atoms with van der Waals surface area (Å²) in [6.45, 7) is 3.60. The minimum Gasteiger partial charge on any atom is -0.486 e. The monoisotopic (exact) mass is 431 g/mol. The van der Waals surface area contributed by atoms with E-state index in [2.05, 4.69) is 0 Å². The lowest BCUT2D eigenvalue weighted by atomic mass is 10.1. The Morgan fingerprint density at radius 3 is 2.70 bits per heavy atom. The second-order valence-electron chi connectivity index (χ2n) is 6.44. The van der Waals surface area contributed by atoms with Gasteiger partial charge in [-0.25, -0.2) is 0 Å². The molecule has 1 aliphatic rings. The van der Waals surface area contributed by atoms with Crippen molar-refractivity contribution in [3.05, 3.63) is 57.6 Å². The van der Waals surface area contributed by atoms with E-state index in [0.29, 0.717) is 42.7 Å². The summed E-state index contributed by atoms with van der Waals surface area (Å²) in [5, 5.41) is 11.3. The van der Waals surface area contributed by atoms with Gasteiger partial charge >= 0.3 is 0 Å². The first-order chi connectivity index (χ1) is 14.4. The lowest BCUT2D eigenvalue weighted by Gasteiger charge is -2.25. The van der Waals surface area contributed by atoms with Crippen LogP contribution in [0, 0.1) is 10.1 Å². The zero-order valence-electron chi connectivity index (χ0n) is 16.3. The van der Waals surface area contributed by atoms with Gasteiger partial charge in [0, 0.05) is 30.3 Å². The van der Waals surface area contributed by atoms with E-state index >= 15 is 0 Å². The highest BCUT2D eigenvalue weighted by molar-refractivity contribution is 8.00. The van der Waals surface area contributed by atoms with Gasteiger partial charge < -0.3 is 20.1 Å². The van der Waals surface area contributed by atoms with Crippen LogP contribution in [0.5, 0.6) is 11.5 Å². The largest absolute Gasteiger partial charge is 0.486 e. The molecule has 3 rings (SSSR count). The number of amides is 2. The van der Waals surface area contributed by atoms with Gasteiger partial charge in [-0.05, 0) is 25.1 Å². The standard InChI is InChI=1S/C20H21N3O6S/c1-2-22(11-14-4-3-5-16-19(14)29-9-8-28-16)18(24)12-30-17-7-6-13(20(21)25)10-15(17)23(26)27/h3-7,10H,2,8-9,11-12H2,1H3,(H2,21,25). The number of carbonyl (C=O) groups excluding carboxylic acids is 2. The Morgan fingerprint density at radius 2 is 2.00 bits per heavy atom. The molecule has 0 fully saturated rings. The highest BCUT2D eigenvalue weighted by atomic mass is 32.2. The Balaban J connectivity index is 1.71. The number of thioether (sulfide) groups is 1. The summed E-state index contributed by atoms with van der Waals surface area (Å²) in [5.74, 6) is 0.379. The van der Waals surface area contributed by atoms with Crippen LogP contribution in [-0.2, 0) is 11.3 Å². The molecule has 0 aromatic heterocycles. The van der Waals surface area contributed by atoms with E-state index in [4.69, 9.17) is 15.2 Å². The molecule has 2 aromatic carbocycles. The van der Waals surface area contributed by atoms with E-state index in [-0.39, 0.29) is 22.9 Å². The quantitative estimate of drug-likeness (QED) is 0.387. The number of nitro benzene ring substituents is 1. The molecule has 2 N–H and O–H groups in total. The topological polar surface area (TPSA) is 125 Å². The highest BCUT2D eigenvalue weighted by Gasteiger charge is 2.22. The Labute approximate surface area is 177 Å². The van der Waals surface area contributed by atoms with E-state index in [9.17, 15) is 19.7 Å². The van der Waals surface area contributed by atoms with Gasteiger partial charge in [0.2, 0.25) is 11.8 Å². The van der Waals surface area contributed by atoms with Crippen molar-refractivity contribution >= 4 is 29.3 Å². The fraction of sp³-hybridized carbons (Fsp3) is 0.300. The second kappa shape index (κ2) is 9.49. The number of ether oxygens (including phenoxy) is 2. The van der Waals surface area contributed by atoms with Crippen molar-refractivity contribution in [3.63, 3.8) is 0 Å². The maximum absolute atomic E-state index is 12.8. The normalized spacial score (nSPS) is 12.3. The minimum absolute atomic E-state index is 0.0109. The van der Waals surface area contributed by atoms with Gasteiger partial charge in [-0.15, -0.1) is 11.8 Å². The predicted octanol–water partition coefficient (Wildman–Crippen LogP) is 2.61. The number of para-hydroxylation sites is 1. The molecular weight excluding hydrogens is 410 g/mol. The van der Waals surface area contributed by atoms with Crippen LogP contribution >= 0.6 is 11.8 Å². The number of nitrogens with zero attached hydrogens (tertiary/aromatic N) is 2. The molecule has 0 bridgehead atoms. The third-order valence-corrected chi connectivity index (χ3v) is 5.58. The molecular formula is C20H21N3O6S. The van der Waals surface area contributed by atoms with Crippen LogP contribution in [0.1, 0.15) is 22.8 Å². The minimum atomic E-state index is -0.750. The Hall–Kier alpha value is -3.27. The smallest absolute Gasteiger partial charge is 0.283 e. The van der Waals surface area contributed by atoms with E-state index in [1.165, 1.54) is 12.1 Å². The average Bonchev–Trinajstić information content (AvgIpc) is 2.75. The fourth-order valence-electron chi connectivity index (χ4n) is 3.01. The molecule has 0 spiro atoms. The number of rotatable bonds is 8. The summed E-state index contributed by atoms with van der Waals surface area (Å²) in [6, 6.07) is 9.52. The Morgan fingerprint density at radius 1 is 1.23 bits per heavy atom. The van der Waals surface area contributed by atoms with Crippen LogP contribution in [0.2, 0.25) is 0 Å². The van der Waals surface area contributed by atoms with Crippen LogP contribution in [-0.4, -0.2) is 47.1 Å². The fourth-order valence-corrected chi connectivity index (χ4v) is 3.91. The second-order valence-corrected chi connectivity index (χ2v) is 7.46. The molecule has 0 radical (unpaired) electrons. The number of fused-ring (bicyclic) bond motifs is 1. The molecule has 2 amide bonds. The van der Waals surface area contributed by atoms with Crippen molar-refractivity contribution in [3.8, 4) is 11.5 Å². The Kier molecular flexibility index (Phi) is 6.78. The van der Waals surface area contributed by atoms with Gasteiger partial charge in [-0.3, -0.25) is 19.7 Å². The van der Waals surface area contributed by atoms with Crippen molar-refractivity contribution in [2.24, 2.45) is 5.73 Å². The number of nitrogens with two attached hydrogens (primary N) is 1. The molecule has 0 aliphatic carbocycles. The van der Waals surface area contributed by atoms with Gasteiger partial charge in [-0.2, -0.15) is 0 Å². The molecule has 0 unspecified atom stereocenters. The summed E-state index contributed by atoms with van der Waals surface area (Å²) in [7, 11) is 0. The summed E-state index contributed by atoms with van der Waals surface area (Å²) in [4.78, 5) is 36.7. The van der Waals surface area contributed by atoms with E-state index < -0.39 is 10.8 Å². The first-order valence-electron chi connectivity index (χ1n) is 9.27. The predicted molar refractivity (Wildman–Crippen MR) is 111 cm³/mol. The third-order valence-electron chi connectivity index (χ3n) is 4.53. The molecule has 0 saturated carbocycles. The summed E-state index contributed by atoms with van der Waals surface area (Å²) in [5.41, 5.74) is 5.81. The zero-order chi connectivity index (χ0) is 21.7. The molecule has 2 aromatic rings. The molecule has 30 heavy (non-hydrogen) atoms. The maximum atomic E-state index is 12.8. The van der Waals surface area contributed by atoms with E-state index in [0.717, 1.165) is 23.4 Å². The van der Waals surface area contributed by atoms with Gasteiger partial charge in [0.15, 0.2) is 11.5 Å². The molecule has 9 nitrogen and oxygen atoms in total. The van der Waals surface area contributed by atoms with Gasteiger partial charge in [0.1, 0.15) is 13.2 Å². The van der Waals surface area contributed by atoms with E-state index in [1.807, 2.05) is 25.1 Å². The SMILES string of the molecule is CCN(Cc1cccc2c1OCCO2)C(=O)CSc1ccc(C(N)=O)cc1[N+](=O)[O-]. The molecule has 10 heteroatoms. The van der Waals surface area contributed by atoms with Gasteiger partial charge in [-0.1, -0.05) is 12.1 Å². The summed E-state index contributed by atoms with van der Waals surface area (Å²) < 4.78 is 11.3. The zero-order valence-corrected chi connectivity index (χ0v) is 17.1. The first kappa shape index (κ1) is 21.4. The van der Waals surface area contributed by atoms with Crippen molar-refractivity contribution < 1.29 is 24.0 Å². The lowest BCUT2D eigenvalue weighted by Crippen LogP contribution is -2.32. The lowest BCUT2D eigenvalue weighted by molar-refractivity contribution is -0.387. The number of hydrogen-bond acceptors (Lipinski definition) is 7. The van der Waals surface area contributed by atoms with Crippen molar-refractivity contribution in [1.82, 2.24) is 4.90 Å². The van der Waals surface area contributed by atoms with Crippen LogP contribution in [0.15, 0.2) is 41.3 Å². The van der Waals surface area contributed by atoms with Crippen molar-refractivity contribution in [2.45, 2.75) is 18.4 Å². The van der Waals surface area contributed by atoms with E-state index in [1.54, 1.807) is 4.90 Å². The molecule has 0 atom stereocenters. The van der Waals surface area contributed by atoms with Crippen molar-refractivity contribution in [1.29, 1.82) is 0 Å². The van der Waals surface area contributed by atoms with Crippen LogP contribution < -0.4 is 15.2 Å². The number of primary amides is 1. The molecule has 1 aliphatic heterocycles. The van der Waals surface area contributed by atoms with Crippen molar-refractivity contribution in [2.75, 3.05) is 25.5 Å². The number of hydrogen-bond donors (Lipinski definition) is 1. The number of benzene rings is 2. The highest BCUT2D eigenvalue weighted by Crippen LogP contribution is 2.35. The molecule has 158 valence electrons. The summed E-state index contributed by atoms with van der Waals surface area (Å²) in [6.07, 6.45) is 0. The van der Waals surface area contributed by atoms with Crippen LogP contribution in [0.25, 0.3) is 0 Å². The third kappa shape index (κ3) is 4.82.